The summed E-state index contributed by atoms with van der Waals surface area (Å²) in [5.41, 5.74) is 2.23. The number of thioether (sulfide) groups is 1. The maximum Gasteiger partial charge on any atom is 0.240 e. The van der Waals surface area contributed by atoms with E-state index in [1.807, 2.05) is 44.2 Å². The van der Waals surface area contributed by atoms with E-state index in [0.29, 0.717) is 28.2 Å². The van der Waals surface area contributed by atoms with Crippen LogP contribution in [0.15, 0.2) is 47.5 Å². The molecule has 1 aliphatic rings. The van der Waals surface area contributed by atoms with Gasteiger partial charge in [0.05, 0.1) is 12.3 Å². The summed E-state index contributed by atoms with van der Waals surface area (Å²) in [6, 6.07) is 12.6. The fourth-order valence-electron chi connectivity index (χ4n) is 2.54. The molecule has 0 unspecified atom stereocenters. The number of hydrogen-bond acceptors (Lipinski definition) is 5. The Kier molecular flexibility index (Phi) is 6.59. The number of nitrogens with zero attached hydrogens (tertiary/aromatic N) is 1. The summed E-state index contributed by atoms with van der Waals surface area (Å²) in [5, 5.41) is 6.02. The van der Waals surface area contributed by atoms with Gasteiger partial charge in [-0.15, -0.1) is 0 Å². The van der Waals surface area contributed by atoms with Gasteiger partial charge >= 0.3 is 0 Å². The van der Waals surface area contributed by atoms with Gasteiger partial charge in [0.2, 0.25) is 11.8 Å². The average molecular weight is 418 g/mol. The van der Waals surface area contributed by atoms with Crippen LogP contribution in [0.2, 0.25) is 5.02 Å². The van der Waals surface area contributed by atoms with Gasteiger partial charge in [0.1, 0.15) is 11.0 Å². The van der Waals surface area contributed by atoms with Crippen LogP contribution in [0.5, 0.6) is 5.75 Å². The third kappa shape index (κ3) is 5.27. The van der Waals surface area contributed by atoms with Crippen molar-refractivity contribution in [3.8, 4) is 5.75 Å². The zero-order chi connectivity index (χ0) is 20.1. The minimum absolute atomic E-state index is 0.0459. The third-order valence-electron chi connectivity index (χ3n) is 3.98. The second-order valence-corrected chi connectivity index (χ2v) is 7.75. The van der Waals surface area contributed by atoms with Gasteiger partial charge in [-0.1, -0.05) is 29.4 Å². The molecule has 1 atom stereocenters. The molecule has 0 spiro atoms. The van der Waals surface area contributed by atoms with Gasteiger partial charge < -0.3 is 15.4 Å². The number of rotatable bonds is 6. The quantitative estimate of drug-likeness (QED) is 0.734. The first-order chi connectivity index (χ1) is 13.4. The highest BCUT2D eigenvalue weighted by Gasteiger charge is 2.32. The fourth-order valence-corrected chi connectivity index (χ4v) is 3.71. The number of halogens is 1. The predicted molar refractivity (Wildman–Crippen MR) is 114 cm³/mol. The molecule has 0 aromatic heterocycles. The molecule has 0 aliphatic carbocycles. The van der Waals surface area contributed by atoms with E-state index in [0.717, 1.165) is 11.3 Å². The van der Waals surface area contributed by atoms with Crippen LogP contribution < -0.4 is 15.4 Å². The lowest BCUT2D eigenvalue weighted by atomic mass is 10.2. The van der Waals surface area contributed by atoms with Crippen molar-refractivity contribution >= 4 is 51.7 Å². The van der Waals surface area contributed by atoms with Crippen LogP contribution in [0, 0.1) is 6.92 Å². The molecule has 2 aromatic carbocycles. The Morgan fingerprint density at radius 1 is 1.29 bits per heavy atom. The summed E-state index contributed by atoms with van der Waals surface area (Å²) in [6.45, 7) is 4.40. The second kappa shape index (κ2) is 9.12. The average Bonchev–Trinajstić information content (AvgIpc) is 2.99. The predicted octanol–water partition coefficient (Wildman–Crippen LogP) is 4.30. The first-order valence-corrected chi connectivity index (χ1v) is 10.1. The van der Waals surface area contributed by atoms with E-state index >= 15 is 0 Å². The molecule has 146 valence electrons. The molecule has 2 aromatic rings. The SMILES string of the molecule is CCOc1ccc(N=C2NC(=O)[C@@H](CC(=O)Nc3ccc(C)c(Cl)c3)S2)cc1. The van der Waals surface area contributed by atoms with Crippen molar-refractivity contribution in [3.63, 3.8) is 0 Å². The molecular weight excluding hydrogens is 398 g/mol. The molecule has 0 radical (unpaired) electrons. The van der Waals surface area contributed by atoms with E-state index in [1.54, 1.807) is 12.1 Å². The number of benzene rings is 2. The lowest BCUT2D eigenvalue weighted by molar-refractivity contribution is -0.122. The van der Waals surface area contributed by atoms with Crippen LogP contribution in [0.1, 0.15) is 18.9 Å². The molecule has 2 N–H and O–H groups in total. The molecule has 1 aliphatic heterocycles. The summed E-state index contributed by atoms with van der Waals surface area (Å²) in [5.74, 6) is 0.280. The normalized spacial score (nSPS) is 17.5. The van der Waals surface area contributed by atoms with E-state index in [1.165, 1.54) is 11.8 Å². The zero-order valence-electron chi connectivity index (χ0n) is 15.5. The van der Waals surface area contributed by atoms with Gasteiger partial charge in [-0.3, -0.25) is 9.59 Å². The topological polar surface area (TPSA) is 79.8 Å². The number of anilines is 1. The van der Waals surface area contributed by atoms with Crippen molar-refractivity contribution in [1.29, 1.82) is 0 Å². The number of nitrogens with one attached hydrogen (secondary N) is 2. The van der Waals surface area contributed by atoms with Crippen LogP contribution in [0.4, 0.5) is 11.4 Å². The number of aryl methyl sites for hydroxylation is 1. The Balaban J connectivity index is 1.59. The highest BCUT2D eigenvalue weighted by molar-refractivity contribution is 8.15. The second-order valence-electron chi connectivity index (χ2n) is 6.16. The van der Waals surface area contributed by atoms with Gasteiger partial charge in [0, 0.05) is 17.1 Å². The summed E-state index contributed by atoms with van der Waals surface area (Å²) in [7, 11) is 0. The number of amidine groups is 1. The van der Waals surface area contributed by atoms with Crippen LogP contribution in [0.25, 0.3) is 0 Å². The van der Waals surface area contributed by atoms with Crippen molar-refractivity contribution in [1.82, 2.24) is 5.32 Å². The number of carbonyl (C=O) groups is 2. The van der Waals surface area contributed by atoms with Crippen molar-refractivity contribution in [2.75, 3.05) is 11.9 Å². The standard InChI is InChI=1S/C20H20ClN3O3S/c1-3-27-15-8-6-13(7-9-15)23-20-24-19(26)17(28-20)11-18(25)22-14-5-4-12(2)16(21)10-14/h4-10,17H,3,11H2,1-2H3,(H,22,25)(H,23,24,26)/t17-/m1/s1. The molecular formula is C20H20ClN3O3S. The van der Waals surface area contributed by atoms with E-state index in [9.17, 15) is 9.59 Å². The van der Waals surface area contributed by atoms with Crippen LogP contribution >= 0.6 is 23.4 Å². The number of aliphatic imine (C=N–C) groups is 1. The Bertz CT molecular complexity index is 915. The zero-order valence-corrected chi connectivity index (χ0v) is 17.1. The van der Waals surface area contributed by atoms with Crippen molar-refractivity contribution in [2.24, 2.45) is 4.99 Å². The molecule has 2 amide bonds. The maximum atomic E-state index is 12.3. The first kappa shape index (κ1) is 20.2. The van der Waals surface area contributed by atoms with E-state index in [2.05, 4.69) is 15.6 Å². The van der Waals surface area contributed by atoms with Gasteiger partial charge in [-0.25, -0.2) is 4.99 Å². The first-order valence-electron chi connectivity index (χ1n) is 8.79. The third-order valence-corrected chi connectivity index (χ3v) is 5.47. The molecule has 1 fully saturated rings. The molecule has 1 heterocycles. The molecule has 3 rings (SSSR count). The minimum atomic E-state index is -0.526. The number of hydrogen-bond donors (Lipinski definition) is 2. The van der Waals surface area contributed by atoms with E-state index in [4.69, 9.17) is 16.3 Å². The van der Waals surface area contributed by atoms with Crippen LogP contribution in [-0.2, 0) is 9.59 Å². The monoisotopic (exact) mass is 417 g/mol. The Morgan fingerprint density at radius 3 is 2.71 bits per heavy atom. The molecule has 28 heavy (non-hydrogen) atoms. The van der Waals surface area contributed by atoms with Crippen LogP contribution in [-0.4, -0.2) is 28.8 Å². The van der Waals surface area contributed by atoms with Gasteiger partial charge in [-0.2, -0.15) is 0 Å². The summed E-state index contributed by atoms with van der Waals surface area (Å²) < 4.78 is 5.40. The largest absolute Gasteiger partial charge is 0.494 e. The number of carbonyl (C=O) groups excluding carboxylic acids is 2. The van der Waals surface area contributed by atoms with Gasteiger partial charge in [0.25, 0.3) is 0 Å². The Hall–Kier alpha value is -2.51. The van der Waals surface area contributed by atoms with E-state index < -0.39 is 5.25 Å². The van der Waals surface area contributed by atoms with E-state index in [-0.39, 0.29) is 18.2 Å². The Morgan fingerprint density at radius 2 is 2.04 bits per heavy atom. The minimum Gasteiger partial charge on any atom is -0.494 e. The van der Waals surface area contributed by atoms with Crippen LogP contribution in [0.3, 0.4) is 0 Å². The number of amides is 2. The summed E-state index contributed by atoms with van der Waals surface area (Å²) in [6.07, 6.45) is 0.0459. The number of ether oxygens (including phenoxy) is 1. The van der Waals surface area contributed by atoms with Gasteiger partial charge in [-0.05, 0) is 55.8 Å². The van der Waals surface area contributed by atoms with Crippen molar-refractivity contribution in [2.45, 2.75) is 25.5 Å². The molecule has 0 bridgehead atoms. The summed E-state index contributed by atoms with van der Waals surface area (Å²) in [4.78, 5) is 28.9. The van der Waals surface area contributed by atoms with Crippen molar-refractivity contribution in [3.05, 3.63) is 53.1 Å². The van der Waals surface area contributed by atoms with Gasteiger partial charge in [0.15, 0.2) is 5.17 Å². The lowest BCUT2D eigenvalue weighted by Gasteiger charge is -2.08. The highest BCUT2D eigenvalue weighted by Crippen LogP contribution is 2.27. The molecule has 8 heteroatoms. The maximum absolute atomic E-state index is 12.3. The smallest absolute Gasteiger partial charge is 0.240 e. The molecule has 0 saturated carbocycles. The van der Waals surface area contributed by atoms with Crippen molar-refractivity contribution < 1.29 is 14.3 Å². The molecule has 1 saturated heterocycles. The summed E-state index contributed by atoms with van der Waals surface area (Å²) >= 11 is 7.31. The Labute approximate surface area is 172 Å². The lowest BCUT2D eigenvalue weighted by Crippen LogP contribution is -2.28. The fraction of sp³-hybridized carbons (Fsp3) is 0.250. The highest BCUT2D eigenvalue weighted by atomic mass is 35.5. The molecule has 6 nitrogen and oxygen atoms in total.